The Labute approximate surface area is 192 Å². The third-order valence-electron chi connectivity index (χ3n) is 5.37. The summed E-state index contributed by atoms with van der Waals surface area (Å²) in [5.41, 5.74) is 0.963. The SMILES string of the molecule is Cc1ccc(C2C(C(=O)CCc3ccccc3)=C(O)C(=O)N2c2ccc(OC(F)(F)F)cc2)o1. The number of carbonyl (C=O) groups excluding carboxylic acids is 2. The second-order valence-electron chi connectivity index (χ2n) is 7.74. The Morgan fingerprint density at radius 1 is 1.06 bits per heavy atom. The van der Waals surface area contributed by atoms with E-state index in [1.807, 2.05) is 30.3 Å². The van der Waals surface area contributed by atoms with E-state index in [0.717, 1.165) is 22.6 Å². The van der Waals surface area contributed by atoms with Crippen molar-refractivity contribution >= 4 is 17.4 Å². The van der Waals surface area contributed by atoms with Crippen molar-refractivity contribution in [3.63, 3.8) is 0 Å². The minimum Gasteiger partial charge on any atom is -0.503 e. The summed E-state index contributed by atoms with van der Waals surface area (Å²) in [4.78, 5) is 27.3. The summed E-state index contributed by atoms with van der Waals surface area (Å²) in [6, 6.07) is 16.0. The average Bonchev–Trinajstić information content (AvgIpc) is 3.33. The number of ether oxygens (including phenoxy) is 1. The first-order valence-electron chi connectivity index (χ1n) is 10.4. The number of aryl methyl sites for hydroxylation is 2. The number of hydrogen-bond donors (Lipinski definition) is 1. The fraction of sp³-hybridized carbons (Fsp3) is 0.200. The van der Waals surface area contributed by atoms with E-state index in [2.05, 4.69) is 4.74 Å². The van der Waals surface area contributed by atoms with E-state index in [1.165, 1.54) is 12.1 Å². The zero-order valence-electron chi connectivity index (χ0n) is 18.0. The highest BCUT2D eigenvalue weighted by Gasteiger charge is 2.45. The summed E-state index contributed by atoms with van der Waals surface area (Å²) in [6.45, 7) is 1.69. The lowest BCUT2D eigenvalue weighted by Crippen LogP contribution is -2.30. The Bertz CT molecular complexity index is 1230. The Morgan fingerprint density at radius 3 is 2.32 bits per heavy atom. The van der Waals surface area contributed by atoms with E-state index >= 15 is 0 Å². The molecule has 6 nitrogen and oxygen atoms in total. The van der Waals surface area contributed by atoms with Crippen LogP contribution in [0.4, 0.5) is 18.9 Å². The zero-order valence-corrected chi connectivity index (χ0v) is 18.0. The molecule has 9 heteroatoms. The smallest absolute Gasteiger partial charge is 0.503 e. The lowest BCUT2D eigenvalue weighted by atomic mass is 9.96. The topological polar surface area (TPSA) is 80.0 Å². The molecular formula is C25H20F3NO5. The Hall–Kier alpha value is -4.01. The lowest BCUT2D eigenvalue weighted by molar-refractivity contribution is -0.274. The van der Waals surface area contributed by atoms with Crippen molar-refractivity contribution in [2.24, 2.45) is 0 Å². The van der Waals surface area contributed by atoms with E-state index in [1.54, 1.807) is 19.1 Å². The van der Waals surface area contributed by atoms with E-state index in [0.29, 0.717) is 12.2 Å². The number of furan rings is 1. The number of amides is 1. The molecular weight excluding hydrogens is 451 g/mol. The van der Waals surface area contributed by atoms with Gasteiger partial charge in [-0.15, -0.1) is 13.2 Å². The quantitative estimate of drug-likeness (QED) is 0.486. The molecule has 1 amide bonds. The van der Waals surface area contributed by atoms with E-state index < -0.39 is 35.6 Å². The van der Waals surface area contributed by atoms with Crippen molar-refractivity contribution in [2.75, 3.05) is 4.90 Å². The zero-order chi connectivity index (χ0) is 24.5. The van der Waals surface area contributed by atoms with Gasteiger partial charge in [0.2, 0.25) is 0 Å². The Balaban J connectivity index is 1.66. The molecule has 34 heavy (non-hydrogen) atoms. The number of carbonyl (C=O) groups is 2. The summed E-state index contributed by atoms with van der Waals surface area (Å²) < 4.78 is 47.1. The maximum absolute atomic E-state index is 13.2. The summed E-state index contributed by atoms with van der Waals surface area (Å²) in [5, 5.41) is 10.7. The fourth-order valence-electron chi connectivity index (χ4n) is 3.87. The molecule has 2 heterocycles. The van der Waals surface area contributed by atoms with Gasteiger partial charge in [0.1, 0.15) is 23.3 Å². The van der Waals surface area contributed by atoms with Crippen LogP contribution in [0, 0.1) is 6.92 Å². The molecule has 0 bridgehead atoms. The largest absolute Gasteiger partial charge is 0.573 e. The molecule has 0 radical (unpaired) electrons. The number of ketones is 1. The van der Waals surface area contributed by atoms with Gasteiger partial charge in [0.15, 0.2) is 11.5 Å². The molecule has 0 spiro atoms. The normalized spacial score (nSPS) is 16.3. The molecule has 1 N–H and O–H groups in total. The number of rotatable bonds is 7. The average molecular weight is 471 g/mol. The van der Waals surface area contributed by atoms with Crippen LogP contribution in [0.25, 0.3) is 0 Å². The van der Waals surface area contributed by atoms with Gasteiger partial charge in [0.05, 0.1) is 5.57 Å². The van der Waals surface area contributed by atoms with Crippen molar-refractivity contribution in [3.05, 3.63) is 95.1 Å². The van der Waals surface area contributed by atoms with Gasteiger partial charge in [0, 0.05) is 12.1 Å². The third kappa shape index (κ3) is 4.83. The number of halogens is 3. The minimum atomic E-state index is -4.86. The van der Waals surface area contributed by atoms with Crippen molar-refractivity contribution < 1.29 is 37.0 Å². The number of nitrogens with zero attached hydrogens (tertiary/aromatic N) is 1. The predicted octanol–water partition coefficient (Wildman–Crippen LogP) is 5.59. The van der Waals surface area contributed by atoms with Gasteiger partial charge in [-0.25, -0.2) is 0 Å². The maximum atomic E-state index is 13.2. The van der Waals surface area contributed by atoms with Crippen LogP contribution in [0.15, 0.2) is 82.5 Å². The molecule has 1 unspecified atom stereocenters. The number of aliphatic hydroxyl groups excluding tert-OH is 1. The van der Waals surface area contributed by atoms with Crippen molar-refractivity contribution in [2.45, 2.75) is 32.2 Å². The second-order valence-corrected chi connectivity index (χ2v) is 7.74. The van der Waals surface area contributed by atoms with Gasteiger partial charge in [-0.05, 0) is 55.3 Å². The first kappa shape index (κ1) is 23.2. The Kier molecular flexibility index (Phi) is 6.19. The number of hydrogen-bond acceptors (Lipinski definition) is 5. The summed E-state index contributed by atoms with van der Waals surface area (Å²) >= 11 is 0. The van der Waals surface area contributed by atoms with Gasteiger partial charge < -0.3 is 14.3 Å². The van der Waals surface area contributed by atoms with Gasteiger partial charge in [0.25, 0.3) is 5.91 Å². The summed E-state index contributed by atoms with van der Waals surface area (Å²) in [6.07, 6.45) is -4.42. The monoisotopic (exact) mass is 471 g/mol. The molecule has 1 atom stereocenters. The fourth-order valence-corrected chi connectivity index (χ4v) is 3.87. The molecule has 1 aliphatic rings. The molecule has 1 aromatic heterocycles. The van der Waals surface area contributed by atoms with Gasteiger partial charge in [-0.1, -0.05) is 30.3 Å². The molecule has 0 fully saturated rings. The standard InChI is InChI=1S/C25H20F3NO5/c1-15-7-14-20(33-15)22-21(19(30)13-8-16-5-3-2-4-6-16)23(31)24(32)29(22)17-9-11-18(12-10-17)34-25(26,27)28/h2-7,9-12,14,22,31H,8,13H2,1H3. The number of aliphatic hydroxyl groups is 1. The lowest BCUT2D eigenvalue weighted by Gasteiger charge is -2.25. The van der Waals surface area contributed by atoms with Gasteiger partial charge in [-0.2, -0.15) is 0 Å². The minimum absolute atomic E-state index is 0.0408. The number of anilines is 1. The second kappa shape index (κ2) is 9.09. The van der Waals surface area contributed by atoms with E-state index in [9.17, 15) is 27.9 Å². The highest BCUT2D eigenvalue weighted by molar-refractivity contribution is 6.16. The van der Waals surface area contributed by atoms with E-state index in [-0.39, 0.29) is 23.4 Å². The van der Waals surface area contributed by atoms with Crippen molar-refractivity contribution in [1.82, 2.24) is 0 Å². The van der Waals surface area contributed by atoms with E-state index in [4.69, 9.17) is 4.42 Å². The molecule has 0 saturated heterocycles. The first-order chi connectivity index (χ1) is 16.1. The molecule has 2 aromatic carbocycles. The maximum Gasteiger partial charge on any atom is 0.573 e. The molecule has 0 aliphatic carbocycles. The van der Waals surface area contributed by atoms with Gasteiger partial charge >= 0.3 is 6.36 Å². The highest BCUT2D eigenvalue weighted by Crippen LogP contribution is 2.42. The highest BCUT2D eigenvalue weighted by atomic mass is 19.4. The van der Waals surface area contributed by atoms with Crippen LogP contribution in [-0.2, 0) is 16.0 Å². The summed E-state index contributed by atoms with van der Waals surface area (Å²) in [5.74, 6) is -1.70. The number of Topliss-reactive ketones (excluding diaryl/α,β-unsaturated/α-hetero) is 1. The van der Waals surface area contributed by atoms with Crippen LogP contribution in [0.3, 0.4) is 0 Å². The number of benzene rings is 2. The van der Waals surface area contributed by atoms with Crippen LogP contribution in [-0.4, -0.2) is 23.2 Å². The van der Waals surface area contributed by atoms with Crippen molar-refractivity contribution in [1.29, 1.82) is 0 Å². The molecule has 1 aliphatic heterocycles. The molecule has 0 saturated carbocycles. The van der Waals surface area contributed by atoms with Crippen LogP contribution < -0.4 is 9.64 Å². The summed E-state index contributed by atoms with van der Waals surface area (Å²) in [7, 11) is 0. The third-order valence-corrected chi connectivity index (χ3v) is 5.37. The Morgan fingerprint density at radius 2 is 1.74 bits per heavy atom. The molecule has 176 valence electrons. The van der Waals surface area contributed by atoms with Crippen LogP contribution in [0.1, 0.15) is 29.5 Å². The predicted molar refractivity (Wildman–Crippen MR) is 116 cm³/mol. The van der Waals surface area contributed by atoms with Crippen molar-refractivity contribution in [3.8, 4) is 5.75 Å². The molecule has 4 rings (SSSR count). The molecule has 3 aromatic rings. The first-order valence-corrected chi connectivity index (χ1v) is 10.4. The van der Waals surface area contributed by atoms with Crippen LogP contribution >= 0.6 is 0 Å². The van der Waals surface area contributed by atoms with Crippen LogP contribution in [0.5, 0.6) is 5.75 Å². The van der Waals surface area contributed by atoms with Crippen LogP contribution in [0.2, 0.25) is 0 Å². The van der Waals surface area contributed by atoms with Gasteiger partial charge in [-0.3, -0.25) is 14.5 Å². The number of alkyl halides is 3.